The highest BCUT2D eigenvalue weighted by Crippen LogP contribution is 2.31. The van der Waals surface area contributed by atoms with Crippen LogP contribution in [0.1, 0.15) is 18.4 Å². The van der Waals surface area contributed by atoms with Crippen molar-refractivity contribution in [2.24, 2.45) is 0 Å². The molecule has 24 heavy (non-hydrogen) atoms. The van der Waals surface area contributed by atoms with E-state index in [-0.39, 0.29) is 12.1 Å². The number of anilines is 3. The minimum atomic E-state index is -4.39. The molecular weight excluding hydrogens is 321 g/mol. The number of urea groups is 1. The zero-order valence-corrected chi connectivity index (χ0v) is 12.5. The standard InChI is InChI=1S/C16H15F3N4O/c17-16(18,19)10-2-1-3-12(8-10)21-13-6-7-14(20-9-13)23-15(24)22-11-4-5-11/h1-3,6-9,11,21H,4-5H2,(H2,20,22,23,24). The molecule has 0 spiro atoms. The highest BCUT2D eigenvalue weighted by molar-refractivity contribution is 5.88. The fourth-order valence-corrected chi connectivity index (χ4v) is 2.05. The van der Waals surface area contributed by atoms with E-state index in [0.717, 1.165) is 25.0 Å². The van der Waals surface area contributed by atoms with E-state index in [4.69, 9.17) is 0 Å². The quantitative estimate of drug-likeness (QED) is 0.786. The molecule has 1 heterocycles. The highest BCUT2D eigenvalue weighted by atomic mass is 19.4. The van der Waals surface area contributed by atoms with Gasteiger partial charge in [0.25, 0.3) is 0 Å². The van der Waals surface area contributed by atoms with E-state index in [0.29, 0.717) is 17.2 Å². The summed E-state index contributed by atoms with van der Waals surface area (Å²) in [5.74, 6) is 0.364. The third-order valence-corrected chi connectivity index (χ3v) is 3.40. The van der Waals surface area contributed by atoms with Gasteiger partial charge < -0.3 is 10.6 Å². The fourth-order valence-electron chi connectivity index (χ4n) is 2.05. The molecule has 1 aromatic carbocycles. The number of alkyl halides is 3. The number of aromatic nitrogens is 1. The van der Waals surface area contributed by atoms with Crippen molar-refractivity contribution >= 4 is 23.2 Å². The van der Waals surface area contributed by atoms with E-state index in [1.54, 1.807) is 12.1 Å². The Morgan fingerprint density at radius 3 is 2.54 bits per heavy atom. The van der Waals surface area contributed by atoms with Crippen molar-refractivity contribution in [2.75, 3.05) is 10.6 Å². The molecule has 126 valence electrons. The fraction of sp³-hybridized carbons (Fsp3) is 0.250. The number of hydrogen-bond donors (Lipinski definition) is 3. The number of halogens is 3. The lowest BCUT2D eigenvalue weighted by molar-refractivity contribution is -0.137. The number of rotatable bonds is 4. The summed E-state index contributed by atoms with van der Waals surface area (Å²) in [6.45, 7) is 0. The van der Waals surface area contributed by atoms with Crippen LogP contribution in [0.2, 0.25) is 0 Å². The van der Waals surface area contributed by atoms with E-state index in [1.165, 1.54) is 18.3 Å². The number of carbonyl (C=O) groups is 1. The second kappa shape index (κ2) is 6.38. The Kier molecular flexibility index (Phi) is 4.28. The summed E-state index contributed by atoms with van der Waals surface area (Å²) in [6, 6.07) is 8.02. The van der Waals surface area contributed by atoms with Gasteiger partial charge in [0.05, 0.1) is 17.4 Å². The molecule has 3 N–H and O–H groups in total. The molecule has 0 atom stereocenters. The Labute approximate surface area is 136 Å². The molecule has 8 heteroatoms. The van der Waals surface area contributed by atoms with Crippen LogP contribution < -0.4 is 16.0 Å². The summed E-state index contributed by atoms with van der Waals surface area (Å²) in [4.78, 5) is 15.6. The lowest BCUT2D eigenvalue weighted by Crippen LogP contribution is -2.30. The Balaban J connectivity index is 1.62. The zero-order chi connectivity index (χ0) is 17.2. The Morgan fingerprint density at radius 2 is 1.92 bits per heavy atom. The number of nitrogens with zero attached hydrogens (tertiary/aromatic N) is 1. The Bertz CT molecular complexity index is 727. The molecular formula is C16H15F3N4O. The Hall–Kier alpha value is -2.77. The van der Waals surface area contributed by atoms with Crippen LogP contribution in [0.15, 0.2) is 42.6 Å². The van der Waals surface area contributed by atoms with E-state index in [9.17, 15) is 18.0 Å². The average Bonchev–Trinajstić information content (AvgIpc) is 3.32. The first-order valence-electron chi connectivity index (χ1n) is 7.38. The SMILES string of the molecule is O=C(Nc1ccc(Nc2cccc(C(F)(F)F)c2)cn1)NC1CC1. The molecule has 3 rings (SSSR count). The van der Waals surface area contributed by atoms with Gasteiger partial charge in [0, 0.05) is 11.7 Å². The summed E-state index contributed by atoms with van der Waals surface area (Å²) in [5, 5.41) is 8.21. The normalized spacial score (nSPS) is 14.1. The molecule has 0 radical (unpaired) electrons. The van der Waals surface area contributed by atoms with Crippen LogP contribution in [0.25, 0.3) is 0 Å². The molecule has 1 aliphatic rings. The molecule has 5 nitrogen and oxygen atoms in total. The summed E-state index contributed by atoms with van der Waals surface area (Å²) in [6.07, 6.45) is -0.979. The first-order valence-corrected chi connectivity index (χ1v) is 7.38. The van der Waals surface area contributed by atoms with E-state index in [1.807, 2.05) is 0 Å². The van der Waals surface area contributed by atoms with Gasteiger partial charge in [-0.05, 0) is 43.2 Å². The zero-order valence-electron chi connectivity index (χ0n) is 12.5. The van der Waals surface area contributed by atoms with Crippen molar-refractivity contribution in [1.82, 2.24) is 10.3 Å². The van der Waals surface area contributed by atoms with Crippen molar-refractivity contribution in [3.05, 3.63) is 48.2 Å². The maximum Gasteiger partial charge on any atom is 0.416 e. The monoisotopic (exact) mass is 336 g/mol. The molecule has 2 aromatic rings. The number of nitrogens with one attached hydrogen (secondary N) is 3. The van der Waals surface area contributed by atoms with Gasteiger partial charge in [0.15, 0.2) is 0 Å². The van der Waals surface area contributed by atoms with Crippen molar-refractivity contribution in [1.29, 1.82) is 0 Å². The molecule has 0 bridgehead atoms. The summed E-state index contributed by atoms with van der Waals surface area (Å²) < 4.78 is 38.1. The summed E-state index contributed by atoms with van der Waals surface area (Å²) in [5.41, 5.74) is 0.0942. The van der Waals surface area contributed by atoms with Crippen LogP contribution in [0, 0.1) is 0 Å². The van der Waals surface area contributed by atoms with Gasteiger partial charge in [-0.1, -0.05) is 6.07 Å². The molecule has 1 saturated carbocycles. The van der Waals surface area contributed by atoms with Crippen LogP contribution in [0.4, 0.5) is 35.2 Å². The molecule has 1 aliphatic carbocycles. The molecule has 1 aromatic heterocycles. The van der Waals surface area contributed by atoms with Gasteiger partial charge in [0.1, 0.15) is 5.82 Å². The van der Waals surface area contributed by atoms with E-state index < -0.39 is 11.7 Å². The van der Waals surface area contributed by atoms with Crippen LogP contribution >= 0.6 is 0 Å². The number of hydrogen-bond acceptors (Lipinski definition) is 3. The number of carbonyl (C=O) groups excluding carboxylic acids is 1. The van der Waals surface area contributed by atoms with Gasteiger partial charge in [-0.25, -0.2) is 9.78 Å². The van der Waals surface area contributed by atoms with Crippen molar-refractivity contribution in [2.45, 2.75) is 25.1 Å². The van der Waals surface area contributed by atoms with Gasteiger partial charge in [-0.3, -0.25) is 5.32 Å². The molecule has 1 fully saturated rings. The lowest BCUT2D eigenvalue weighted by Gasteiger charge is -2.11. The van der Waals surface area contributed by atoms with Gasteiger partial charge >= 0.3 is 12.2 Å². The summed E-state index contributed by atoms with van der Waals surface area (Å²) >= 11 is 0. The predicted octanol–water partition coefficient (Wildman–Crippen LogP) is 4.13. The van der Waals surface area contributed by atoms with Crippen molar-refractivity contribution in [3.8, 4) is 0 Å². The first kappa shape index (κ1) is 16.1. The lowest BCUT2D eigenvalue weighted by atomic mass is 10.2. The van der Waals surface area contributed by atoms with Crippen LogP contribution in [0.3, 0.4) is 0 Å². The minimum absolute atomic E-state index is 0.242. The smallest absolute Gasteiger partial charge is 0.354 e. The van der Waals surface area contributed by atoms with Crippen LogP contribution in [-0.2, 0) is 6.18 Å². The second-order valence-corrected chi connectivity index (χ2v) is 5.51. The van der Waals surface area contributed by atoms with Gasteiger partial charge in [0.2, 0.25) is 0 Å². The maximum atomic E-state index is 12.7. The van der Waals surface area contributed by atoms with E-state index in [2.05, 4.69) is 20.9 Å². The van der Waals surface area contributed by atoms with E-state index >= 15 is 0 Å². The largest absolute Gasteiger partial charge is 0.416 e. The number of pyridine rings is 1. The maximum absolute atomic E-state index is 12.7. The Morgan fingerprint density at radius 1 is 1.12 bits per heavy atom. The molecule has 0 unspecified atom stereocenters. The summed E-state index contributed by atoms with van der Waals surface area (Å²) in [7, 11) is 0. The first-order chi connectivity index (χ1) is 11.4. The topological polar surface area (TPSA) is 66.0 Å². The molecule has 2 amide bonds. The third kappa shape index (κ3) is 4.37. The van der Waals surface area contributed by atoms with Crippen molar-refractivity contribution in [3.63, 3.8) is 0 Å². The second-order valence-electron chi connectivity index (χ2n) is 5.51. The highest BCUT2D eigenvalue weighted by Gasteiger charge is 2.30. The molecule has 0 saturated heterocycles. The minimum Gasteiger partial charge on any atom is -0.354 e. The average molecular weight is 336 g/mol. The van der Waals surface area contributed by atoms with Crippen LogP contribution in [-0.4, -0.2) is 17.1 Å². The molecule has 0 aliphatic heterocycles. The number of amides is 2. The van der Waals surface area contributed by atoms with Gasteiger partial charge in [-0.15, -0.1) is 0 Å². The number of benzene rings is 1. The van der Waals surface area contributed by atoms with Gasteiger partial charge in [-0.2, -0.15) is 13.2 Å². The predicted molar refractivity (Wildman–Crippen MR) is 84.1 cm³/mol. The van der Waals surface area contributed by atoms with Crippen LogP contribution in [0.5, 0.6) is 0 Å². The third-order valence-electron chi connectivity index (χ3n) is 3.40. The van der Waals surface area contributed by atoms with Crippen molar-refractivity contribution < 1.29 is 18.0 Å².